The molecule has 0 amide bonds. The van der Waals surface area contributed by atoms with Gasteiger partial charge < -0.3 is 81.1 Å². The number of aryl methyl sites for hydroxylation is 3. The number of rotatable bonds is 16. The van der Waals surface area contributed by atoms with Crippen LogP contribution < -0.4 is 62.1 Å². The van der Waals surface area contributed by atoms with Gasteiger partial charge in [0.05, 0.1) is 76.1 Å². The van der Waals surface area contributed by atoms with Crippen LogP contribution in [0.25, 0.3) is 67.6 Å². The number of nitrogens with one attached hydrogen (secondary N) is 8. The predicted octanol–water partition coefficient (Wildman–Crippen LogP) is 15.3. The molecule has 0 aliphatic carbocycles. The van der Waals surface area contributed by atoms with Crippen molar-refractivity contribution in [2.24, 2.45) is 0 Å². The van der Waals surface area contributed by atoms with Crippen LogP contribution in [-0.4, -0.2) is 199 Å². The molecule has 0 radical (unpaired) electrons. The van der Waals surface area contributed by atoms with Crippen LogP contribution in [0.15, 0.2) is 256 Å². The molecule has 20 rings (SSSR count). The number of para-hydroxylation sites is 1. The van der Waals surface area contributed by atoms with E-state index < -0.39 is 0 Å². The fourth-order valence-electron chi connectivity index (χ4n) is 14.5. The third kappa shape index (κ3) is 21.8. The van der Waals surface area contributed by atoms with Crippen molar-refractivity contribution in [3.8, 4) is 45.6 Å². The first-order chi connectivity index (χ1) is 62.2. The summed E-state index contributed by atoms with van der Waals surface area (Å²) in [6.07, 6.45) is 13.1. The van der Waals surface area contributed by atoms with Crippen molar-refractivity contribution in [1.29, 1.82) is 0 Å². The molecule has 0 unspecified atom stereocenters. The quantitative estimate of drug-likeness (QED) is 0.0417. The molecule has 4 fully saturated rings. The summed E-state index contributed by atoms with van der Waals surface area (Å²) in [6.45, 7) is 18.1. The molecule has 4 aliphatic heterocycles. The Morgan fingerprint density at radius 3 is 0.921 bits per heavy atom. The van der Waals surface area contributed by atoms with Gasteiger partial charge in [-0.25, -0.2) is 38.0 Å². The normalized spacial score (nSPS) is 13.9. The van der Waals surface area contributed by atoms with Crippen LogP contribution in [0.2, 0.25) is 0 Å². The van der Waals surface area contributed by atoms with E-state index in [1.807, 2.05) is 276 Å². The number of ether oxygens (including phenoxy) is 4. The Morgan fingerprint density at radius 1 is 0.283 bits per heavy atom. The minimum atomic E-state index is 0.503. The Morgan fingerprint density at radius 2 is 0.598 bits per heavy atom. The van der Waals surface area contributed by atoms with Gasteiger partial charge in [-0.05, 0) is 264 Å². The van der Waals surface area contributed by atoms with Crippen molar-refractivity contribution in [2.75, 3.05) is 167 Å². The lowest BCUT2D eigenvalue weighted by Crippen LogP contribution is -2.37. The summed E-state index contributed by atoms with van der Waals surface area (Å²) in [4.78, 5) is 41.3. The van der Waals surface area contributed by atoms with Crippen molar-refractivity contribution in [1.82, 2.24) is 73.3 Å². The number of hydrogen-bond donors (Lipinski definition) is 8. The molecular formula is C92H91N27O4S4. The van der Waals surface area contributed by atoms with Gasteiger partial charge in [-0.1, -0.05) is 18.2 Å². The standard InChI is InChI=1S/3C23H23N7OS.C23H22N6OS/c1-16-19(4-2-10-24-16)26-23(32)25-18-8-6-17(7-9-18)21-27-22(29-12-14-31-15-13-29)20-5-3-11-30(20)28-21;1-16-4-7-19(15-24-16)26-23(32)25-18-8-5-17(6-9-18)21-27-22(29-11-13-31-14-12-29)20-3-2-10-30(20)28-21;1-16-15-19(8-9-24-16)26-23(32)25-18-6-4-17(5-7-18)21-27-22(29-11-13-31-14-12-29)20-3-2-10-30(20)28-21;31-23(24-18-5-2-1-3-6-18)25-19-10-8-17(9-11-19)21-26-22(28-13-15-30-16-14-28)20-7-4-12-29(20)27-21/h2-11H,12-15H2,1H3,(H2,25,26,32);2-10,15H,11-14H2,1H3,(H2,25,26,32);2-10,15H,11-14H2,1H3,(H2,24,25,26,32);1-12H,13-16H2,(H2,24,25,31). The van der Waals surface area contributed by atoms with Crippen LogP contribution in [0.4, 0.5) is 68.8 Å². The van der Waals surface area contributed by atoms with E-state index in [0.29, 0.717) is 96.6 Å². The molecule has 8 N–H and O–H groups in total. The topological polar surface area (TPSA) is 306 Å². The Kier molecular flexibility index (Phi) is 27.2. The lowest BCUT2D eigenvalue weighted by atomic mass is 10.2. The zero-order valence-corrected chi connectivity index (χ0v) is 73.1. The number of fused-ring (bicyclic) bond motifs is 4. The number of anilines is 12. The summed E-state index contributed by atoms with van der Waals surface area (Å²) in [7, 11) is 0. The van der Waals surface area contributed by atoms with Crippen LogP contribution in [0.5, 0.6) is 0 Å². The number of pyridine rings is 3. The molecule has 16 aromatic rings. The maximum atomic E-state index is 5.50. The van der Waals surface area contributed by atoms with E-state index in [4.69, 9.17) is 108 Å². The summed E-state index contributed by atoms with van der Waals surface area (Å²) in [5, 5.41) is 46.4. The minimum absolute atomic E-state index is 0.503. The second-order valence-electron chi connectivity index (χ2n) is 29.8. The highest BCUT2D eigenvalue weighted by Crippen LogP contribution is 2.32. The summed E-state index contributed by atoms with van der Waals surface area (Å²) in [5.74, 6) is 6.45. The molecule has 0 spiro atoms. The van der Waals surface area contributed by atoms with Crippen molar-refractivity contribution in [3.05, 3.63) is 273 Å². The van der Waals surface area contributed by atoms with Crippen molar-refractivity contribution in [2.45, 2.75) is 20.8 Å². The molecule has 0 saturated carbocycles. The smallest absolute Gasteiger partial charge is 0.182 e. The molecule has 0 bridgehead atoms. The van der Waals surface area contributed by atoms with E-state index in [0.717, 1.165) is 183 Å². The molecule has 0 atom stereocenters. The Balaban J connectivity index is 0.000000119. The molecular weight excluding hydrogens is 1680 g/mol. The van der Waals surface area contributed by atoms with E-state index in [1.54, 1.807) is 18.6 Å². The number of thiocarbonyl (C=S) groups is 4. The second-order valence-corrected chi connectivity index (χ2v) is 31.4. The Hall–Kier alpha value is -14.2. The maximum Gasteiger partial charge on any atom is 0.182 e. The van der Waals surface area contributed by atoms with Crippen LogP contribution >= 0.6 is 48.9 Å². The summed E-state index contributed by atoms with van der Waals surface area (Å²) in [6, 6.07) is 69.2. The van der Waals surface area contributed by atoms with Gasteiger partial charge in [0, 0.05) is 157 Å². The summed E-state index contributed by atoms with van der Waals surface area (Å²) < 4.78 is 29.5. The zero-order chi connectivity index (χ0) is 86.8. The largest absolute Gasteiger partial charge is 0.378 e. The van der Waals surface area contributed by atoms with Crippen molar-refractivity contribution < 1.29 is 18.9 Å². The highest BCUT2D eigenvalue weighted by molar-refractivity contribution is 7.81. The van der Waals surface area contributed by atoms with Crippen LogP contribution in [0.3, 0.4) is 0 Å². The average molecular weight is 1770 g/mol. The van der Waals surface area contributed by atoms with Gasteiger partial charge in [0.25, 0.3) is 0 Å². The van der Waals surface area contributed by atoms with Crippen LogP contribution in [-0.2, 0) is 18.9 Å². The maximum absolute atomic E-state index is 5.50. The number of benzene rings is 5. The molecule has 35 heteroatoms. The lowest BCUT2D eigenvalue weighted by molar-refractivity contribution is 0.122. The molecule has 642 valence electrons. The Bertz CT molecular complexity index is 6480. The molecule has 4 aliphatic rings. The van der Waals surface area contributed by atoms with Gasteiger partial charge >= 0.3 is 0 Å². The SMILES string of the molecule is Cc1cc(NC(=S)Nc2ccc(-c3nc(N4CCOCC4)c4cccn4n3)cc2)ccn1.Cc1ccc(NC(=S)Nc2ccc(-c3nc(N4CCOCC4)c4cccn4n3)cc2)cn1.Cc1ncccc1NC(=S)Nc1ccc(-c2nc(N3CCOCC3)c3cccn3n2)cc1.S=C(Nc1ccccc1)Nc1ccc(-c2nc(N3CCOCC3)c3cccn3n2)cc1. The first kappa shape index (κ1) is 85.0. The van der Waals surface area contributed by atoms with Gasteiger partial charge in [0.1, 0.15) is 22.1 Å². The van der Waals surface area contributed by atoms with E-state index in [2.05, 4.69) is 77.1 Å². The van der Waals surface area contributed by atoms with Gasteiger partial charge in [-0.2, -0.15) is 0 Å². The number of morpholine rings is 4. The van der Waals surface area contributed by atoms with E-state index in [9.17, 15) is 0 Å². The number of aromatic nitrogens is 15. The predicted molar refractivity (Wildman–Crippen MR) is 519 cm³/mol. The van der Waals surface area contributed by atoms with Crippen molar-refractivity contribution >= 4 is 160 Å². The van der Waals surface area contributed by atoms with Gasteiger partial charge in [0.2, 0.25) is 0 Å². The zero-order valence-electron chi connectivity index (χ0n) is 69.8. The first-order valence-electron chi connectivity index (χ1n) is 41.5. The van der Waals surface area contributed by atoms with E-state index in [1.165, 1.54) is 0 Å². The first-order valence-corrected chi connectivity index (χ1v) is 43.2. The van der Waals surface area contributed by atoms with Gasteiger partial charge in [0.15, 0.2) is 67.0 Å². The number of nitrogens with zero attached hydrogens (tertiary/aromatic N) is 19. The minimum Gasteiger partial charge on any atom is -0.378 e. The fourth-order valence-corrected chi connectivity index (χ4v) is 15.4. The fraction of sp³-hybridized carbons (Fsp3) is 0.207. The highest BCUT2D eigenvalue weighted by Gasteiger charge is 2.24. The molecule has 31 nitrogen and oxygen atoms in total. The summed E-state index contributed by atoms with van der Waals surface area (Å²) in [5.41, 5.74) is 17.6. The van der Waals surface area contributed by atoms with Crippen LogP contribution in [0.1, 0.15) is 17.1 Å². The van der Waals surface area contributed by atoms with Gasteiger partial charge in [-0.15, -0.1) is 20.4 Å². The Labute approximate surface area is 754 Å². The van der Waals surface area contributed by atoms with Gasteiger partial charge in [-0.3, -0.25) is 15.0 Å². The average Bonchev–Trinajstić information content (AvgIpc) is 1.73. The van der Waals surface area contributed by atoms with Crippen LogP contribution in [0, 0.1) is 20.8 Å². The summed E-state index contributed by atoms with van der Waals surface area (Å²) >= 11 is 21.7. The molecule has 4 saturated heterocycles. The molecule has 11 aromatic heterocycles. The molecule has 15 heterocycles. The third-order valence-electron chi connectivity index (χ3n) is 20.9. The van der Waals surface area contributed by atoms with E-state index >= 15 is 0 Å². The lowest BCUT2D eigenvalue weighted by Gasteiger charge is -2.28. The third-order valence-corrected chi connectivity index (χ3v) is 21.8. The molecule has 127 heavy (non-hydrogen) atoms. The second kappa shape index (κ2) is 40.6. The monoisotopic (exact) mass is 1770 g/mol. The number of hydrogen-bond acceptors (Lipinski definition) is 23. The molecule has 5 aromatic carbocycles. The highest BCUT2D eigenvalue weighted by atomic mass is 32.1. The van der Waals surface area contributed by atoms with Crippen molar-refractivity contribution in [3.63, 3.8) is 0 Å². The van der Waals surface area contributed by atoms with E-state index in [-0.39, 0.29) is 0 Å².